The van der Waals surface area contributed by atoms with Crippen molar-refractivity contribution in [3.8, 4) is 0 Å². The third-order valence-electron chi connectivity index (χ3n) is 4.41. The maximum absolute atomic E-state index is 12.6. The second-order valence-corrected chi connectivity index (χ2v) is 7.04. The molecule has 3 heterocycles. The Morgan fingerprint density at radius 3 is 3.04 bits per heavy atom. The average Bonchev–Trinajstić information content (AvgIpc) is 3.26. The first-order valence-corrected chi connectivity index (χ1v) is 8.99. The Morgan fingerprint density at radius 2 is 2.16 bits per heavy atom. The lowest BCUT2D eigenvalue weighted by atomic mass is 10.1. The summed E-state index contributed by atoms with van der Waals surface area (Å²) in [6.45, 7) is 2.84. The number of amides is 1. The molecule has 0 bridgehead atoms. The molecule has 0 radical (unpaired) electrons. The average molecular weight is 355 g/mol. The van der Waals surface area contributed by atoms with E-state index in [1.54, 1.807) is 29.2 Å². The summed E-state index contributed by atoms with van der Waals surface area (Å²) >= 11 is 1.72. The number of ether oxygens (including phenoxy) is 1. The number of carbonyl (C=O) groups is 2. The van der Waals surface area contributed by atoms with E-state index in [-0.39, 0.29) is 11.6 Å². The van der Waals surface area contributed by atoms with Crippen molar-refractivity contribution in [1.29, 1.82) is 0 Å². The fraction of sp³-hybridized carbons (Fsp3) is 0.278. The number of H-pyrrole nitrogens is 1. The molecule has 128 valence electrons. The number of nitrogens with zero attached hydrogens (tertiary/aromatic N) is 2. The first kappa shape index (κ1) is 15.8. The number of para-hydroxylation sites is 1. The number of aromatic amines is 1. The van der Waals surface area contributed by atoms with Gasteiger partial charge in [-0.1, -0.05) is 18.2 Å². The normalized spacial score (nSPS) is 15.0. The zero-order chi connectivity index (χ0) is 17.4. The third-order valence-corrected chi connectivity index (χ3v) is 5.44. The molecule has 25 heavy (non-hydrogen) atoms. The minimum Gasteiger partial charge on any atom is -0.448 e. The van der Waals surface area contributed by atoms with Gasteiger partial charge in [-0.3, -0.25) is 9.89 Å². The van der Waals surface area contributed by atoms with Gasteiger partial charge in [-0.15, -0.1) is 11.3 Å². The zero-order valence-corrected chi connectivity index (χ0v) is 14.5. The van der Waals surface area contributed by atoms with Crippen LogP contribution < -0.4 is 0 Å². The summed E-state index contributed by atoms with van der Waals surface area (Å²) in [5, 5.41) is 9.55. The van der Waals surface area contributed by atoms with Crippen molar-refractivity contribution in [2.75, 3.05) is 6.54 Å². The summed E-state index contributed by atoms with van der Waals surface area (Å²) in [5.41, 5.74) is 2.14. The fourth-order valence-electron chi connectivity index (χ4n) is 3.08. The lowest BCUT2D eigenvalue weighted by Crippen LogP contribution is -2.42. The highest BCUT2D eigenvalue weighted by Crippen LogP contribution is 2.25. The van der Waals surface area contributed by atoms with Crippen LogP contribution in [-0.4, -0.2) is 39.6 Å². The molecule has 1 aliphatic rings. The largest absolute Gasteiger partial charge is 0.448 e. The van der Waals surface area contributed by atoms with E-state index in [1.807, 2.05) is 29.6 Å². The number of fused-ring (bicyclic) bond motifs is 2. The maximum Gasteiger partial charge on any atom is 0.360 e. The molecule has 0 saturated heterocycles. The first-order valence-electron chi connectivity index (χ1n) is 8.11. The van der Waals surface area contributed by atoms with E-state index in [0.717, 1.165) is 11.9 Å². The number of rotatable bonds is 3. The van der Waals surface area contributed by atoms with Crippen LogP contribution in [0.4, 0.5) is 0 Å². The van der Waals surface area contributed by atoms with Crippen LogP contribution in [0.15, 0.2) is 35.7 Å². The Hall–Kier alpha value is -2.67. The summed E-state index contributed by atoms with van der Waals surface area (Å²) in [4.78, 5) is 28.1. The Balaban J connectivity index is 1.45. The van der Waals surface area contributed by atoms with Crippen LogP contribution in [0.2, 0.25) is 0 Å². The van der Waals surface area contributed by atoms with Crippen LogP contribution in [0, 0.1) is 0 Å². The molecule has 1 unspecified atom stereocenters. The highest BCUT2D eigenvalue weighted by Gasteiger charge is 2.28. The standard InChI is InChI=1S/C18H17N3O3S/c1-11(17(22)21-8-6-15-12(10-21)7-9-25-15)24-18(23)16-13-4-2-3-5-14(13)19-20-16/h2-5,7,9,11H,6,8,10H2,1H3,(H,19,20). The number of hydrogen-bond acceptors (Lipinski definition) is 5. The lowest BCUT2D eigenvalue weighted by molar-refractivity contribution is -0.140. The van der Waals surface area contributed by atoms with Gasteiger partial charge in [0.25, 0.3) is 5.91 Å². The van der Waals surface area contributed by atoms with Crippen molar-refractivity contribution in [2.24, 2.45) is 0 Å². The Bertz CT molecular complexity index is 946. The predicted molar refractivity (Wildman–Crippen MR) is 94.4 cm³/mol. The molecule has 0 fully saturated rings. The monoisotopic (exact) mass is 355 g/mol. The van der Waals surface area contributed by atoms with Gasteiger partial charge in [0.2, 0.25) is 0 Å². The van der Waals surface area contributed by atoms with Crippen LogP contribution in [0.1, 0.15) is 27.9 Å². The molecule has 1 amide bonds. The second kappa shape index (κ2) is 6.33. The van der Waals surface area contributed by atoms with Crippen molar-refractivity contribution < 1.29 is 14.3 Å². The van der Waals surface area contributed by atoms with Gasteiger partial charge in [0, 0.05) is 23.4 Å². The summed E-state index contributed by atoms with van der Waals surface area (Å²) in [6.07, 6.45) is 0.00630. The van der Waals surface area contributed by atoms with Gasteiger partial charge in [-0.25, -0.2) is 4.79 Å². The number of nitrogens with one attached hydrogen (secondary N) is 1. The van der Waals surface area contributed by atoms with Crippen LogP contribution in [0.5, 0.6) is 0 Å². The number of esters is 1. The number of aromatic nitrogens is 2. The minimum atomic E-state index is -0.844. The molecular formula is C18H17N3O3S. The smallest absolute Gasteiger partial charge is 0.360 e. The molecule has 6 nitrogen and oxygen atoms in total. The van der Waals surface area contributed by atoms with Gasteiger partial charge in [-0.2, -0.15) is 5.10 Å². The fourth-order valence-corrected chi connectivity index (χ4v) is 3.97. The number of hydrogen-bond donors (Lipinski definition) is 1. The van der Waals surface area contributed by atoms with E-state index in [9.17, 15) is 9.59 Å². The molecule has 1 aromatic carbocycles. The third kappa shape index (κ3) is 2.91. The molecule has 1 aliphatic heterocycles. The first-order chi connectivity index (χ1) is 12.1. The second-order valence-electron chi connectivity index (χ2n) is 6.04. The van der Waals surface area contributed by atoms with Gasteiger partial charge < -0.3 is 9.64 Å². The Labute approximate surface area is 148 Å². The summed E-state index contributed by atoms with van der Waals surface area (Å²) in [6, 6.07) is 9.36. The van der Waals surface area contributed by atoms with Crippen molar-refractivity contribution in [2.45, 2.75) is 26.0 Å². The molecule has 4 rings (SSSR count). The van der Waals surface area contributed by atoms with Crippen molar-refractivity contribution >= 4 is 34.1 Å². The van der Waals surface area contributed by atoms with Gasteiger partial charge in [0.15, 0.2) is 11.8 Å². The van der Waals surface area contributed by atoms with E-state index in [4.69, 9.17) is 4.74 Å². The number of benzene rings is 1. The zero-order valence-electron chi connectivity index (χ0n) is 13.7. The molecule has 0 saturated carbocycles. The van der Waals surface area contributed by atoms with E-state index in [1.165, 1.54) is 10.4 Å². The molecule has 3 aromatic rings. The molecule has 1 atom stereocenters. The summed E-state index contributed by atoms with van der Waals surface area (Å²) in [7, 11) is 0. The maximum atomic E-state index is 12.6. The van der Waals surface area contributed by atoms with E-state index >= 15 is 0 Å². The topological polar surface area (TPSA) is 75.3 Å². The predicted octanol–water partition coefficient (Wildman–Crippen LogP) is 2.75. The highest BCUT2D eigenvalue weighted by atomic mass is 32.1. The molecule has 7 heteroatoms. The van der Waals surface area contributed by atoms with Crippen LogP contribution in [0.3, 0.4) is 0 Å². The van der Waals surface area contributed by atoms with Crippen LogP contribution >= 0.6 is 11.3 Å². The summed E-state index contributed by atoms with van der Waals surface area (Å²) < 4.78 is 5.38. The molecular weight excluding hydrogens is 338 g/mol. The number of carbonyl (C=O) groups excluding carboxylic acids is 2. The van der Waals surface area contributed by atoms with Gasteiger partial charge in [0.1, 0.15) is 0 Å². The molecule has 0 spiro atoms. The van der Waals surface area contributed by atoms with E-state index in [2.05, 4.69) is 10.2 Å². The summed E-state index contributed by atoms with van der Waals surface area (Å²) in [5.74, 6) is -0.767. The van der Waals surface area contributed by atoms with Gasteiger partial charge in [-0.05, 0) is 36.4 Å². The van der Waals surface area contributed by atoms with Crippen LogP contribution in [0.25, 0.3) is 10.9 Å². The van der Waals surface area contributed by atoms with Crippen molar-refractivity contribution in [3.05, 3.63) is 51.8 Å². The lowest BCUT2D eigenvalue weighted by Gasteiger charge is -2.29. The van der Waals surface area contributed by atoms with E-state index < -0.39 is 12.1 Å². The molecule has 0 aliphatic carbocycles. The van der Waals surface area contributed by atoms with Crippen LogP contribution in [-0.2, 0) is 22.5 Å². The van der Waals surface area contributed by atoms with E-state index in [0.29, 0.717) is 18.5 Å². The van der Waals surface area contributed by atoms with Gasteiger partial charge in [0.05, 0.1) is 5.52 Å². The molecule has 1 N–H and O–H groups in total. The highest BCUT2D eigenvalue weighted by molar-refractivity contribution is 7.10. The minimum absolute atomic E-state index is 0.176. The Morgan fingerprint density at radius 1 is 1.32 bits per heavy atom. The van der Waals surface area contributed by atoms with Crippen molar-refractivity contribution in [3.63, 3.8) is 0 Å². The quantitative estimate of drug-likeness (QED) is 0.733. The SMILES string of the molecule is CC(OC(=O)c1n[nH]c2ccccc12)C(=O)N1CCc2sccc2C1. The van der Waals surface area contributed by atoms with Gasteiger partial charge >= 0.3 is 5.97 Å². The van der Waals surface area contributed by atoms with Crippen molar-refractivity contribution in [1.82, 2.24) is 15.1 Å². The number of thiophene rings is 1. The molecule has 2 aromatic heterocycles. The Kier molecular flexibility index (Phi) is 4.01.